The zero-order valence-corrected chi connectivity index (χ0v) is 20.4. The van der Waals surface area contributed by atoms with Gasteiger partial charge in [-0.25, -0.2) is 12.9 Å². The van der Waals surface area contributed by atoms with Crippen molar-refractivity contribution in [2.24, 2.45) is 11.7 Å². The van der Waals surface area contributed by atoms with E-state index >= 15 is 0 Å². The molecule has 0 radical (unpaired) electrons. The molecule has 1 amide bonds. The molecule has 1 aliphatic heterocycles. The molecule has 2 aromatic heterocycles. The summed E-state index contributed by atoms with van der Waals surface area (Å²) in [6, 6.07) is 7.24. The highest BCUT2D eigenvalue weighted by atomic mass is 32.2. The maximum atomic E-state index is 12.3. The Bertz CT molecular complexity index is 1340. The fourth-order valence-electron chi connectivity index (χ4n) is 4.44. The smallest absolute Gasteiger partial charge is 0.252 e. The third-order valence-electron chi connectivity index (χ3n) is 6.35. The molecule has 34 heavy (non-hydrogen) atoms. The molecule has 182 valence electrons. The van der Waals surface area contributed by atoms with Crippen molar-refractivity contribution in [1.29, 1.82) is 0 Å². The first-order chi connectivity index (χ1) is 16.2. The van der Waals surface area contributed by atoms with Gasteiger partial charge in [-0.05, 0) is 24.1 Å². The van der Waals surface area contributed by atoms with Gasteiger partial charge in [-0.1, -0.05) is 13.3 Å². The van der Waals surface area contributed by atoms with Gasteiger partial charge in [0.1, 0.15) is 11.5 Å². The van der Waals surface area contributed by atoms with E-state index in [1.807, 2.05) is 31.3 Å². The number of hydrogen-bond donors (Lipinski definition) is 2. The van der Waals surface area contributed by atoms with Gasteiger partial charge in [0.05, 0.1) is 43.4 Å². The lowest BCUT2D eigenvalue weighted by molar-refractivity contribution is 0.100. The number of carbonyl (C=O) groups excluding carboxylic acids is 1. The van der Waals surface area contributed by atoms with Gasteiger partial charge in [0.2, 0.25) is 10.0 Å². The molecule has 10 nitrogen and oxygen atoms in total. The number of fused-ring (bicyclic) bond motifs is 1. The summed E-state index contributed by atoms with van der Waals surface area (Å²) in [5.74, 6) is 0.765. The van der Waals surface area contributed by atoms with Crippen molar-refractivity contribution in [3.63, 3.8) is 0 Å². The third-order valence-corrected chi connectivity index (χ3v) is 7.59. The number of rotatable bonds is 8. The van der Waals surface area contributed by atoms with E-state index in [9.17, 15) is 13.2 Å². The number of primary amides is 1. The molecule has 0 aliphatic carbocycles. The van der Waals surface area contributed by atoms with Crippen LogP contribution in [0.25, 0.3) is 16.6 Å². The lowest BCUT2D eigenvalue weighted by atomic mass is 10.00. The van der Waals surface area contributed by atoms with Gasteiger partial charge < -0.3 is 20.5 Å². The summed E-state index contributed by atoms with van der Waals surface area (Å²) in [6.07, 6.45) is 5.26. The number of carbonyl (C=O) groups is 1. The largest absolute Gasteiger partial charge is 0.497 e. The van der Waals surface area contributed by atoms with Crippen LogP contribution in [-0.2, 0) is 10.0 Å². The van der Waals surface area contributed by atoms with Crippen LogP contribution in [0.2, 0.25) is 0 Å². The van der Waals surface area contributed by atoms with Gasteiger partial charge in [0.25, 0.3) is 5.91 Å². The Morgan fingerprint density at radius 1 is 1.24 bits per heavy atom. The van der Waals surface area contributed by atoms with Crippen molar-refractivity contribution in [3.05, 3.63) is 42.2 Å². The molecule has 3 heterocycles. The average Bonchev–Trinajstić information content (AvgIpc) is 3.42. The highest BCUT2D eigenvalue weighted by Gasteiger charge is 2.36. The Morgan fingerprint density at radius 2 is 2.00 bits per heavy atom. The molecule has 1 aromatic carbocycles. The van der Waals surface area contributed by atoms with Crippen LogP contribution in [0.4, 0.5) is 5.69 Å². The summed E-state index contributed by atoms with van der Waals surface area (Å²) in [6.45, 7) is 2.76. The minimum Gasteiger partial charge on any atom is -0.497 e. The Morgan fingerprint density at radius 3 is 2.62 bits per heavy atom. The molecule has 0 bridgehead atoms. The molecular formula is C23H29N5O5S. The fraction of sp³-hybridized carbons (Fsp3) is 0.391. The van der Waals surface area contributed by atoms with Gasteiger partial charge in [-0.15, -0.1) is 0 Å². The molecule has 1 saturated heterocycles. The summed E-state index contributed by atoms with van der Waals surface area (Å²) < 4.78 is 38.2. The Kier molecular flexibility index (Phi) is 6.41. The number of anilines is 1. The quantitative estimate of drug-likeness (QED) is 0.498. The van der Waals surface area contributed by atoms with E-state index < -0.39 is 15.9 Å². The SMILES string of the molecule is CC[C@H]1CN(S(C)(=O)=O)C[C@H]1Nc1c(C(N)=O)cnn2cc(-c3ccc(OC)cc3OC)cc12. The second-order valence-electron chi connectivity index (χ2n) is 8.42. The van der Waals surface area contributed by atoms with Gasteiger partial charge >= 0.3 is 0 Å². The number of amides is 1. The predicted molar refractivity (Wildman–Crippen MR) is 130 cm³/mol. The highest BCUT2D eigenvalue weighted by molar-refractivity contribution is 7.88. The van der Waals surface area contributed by atoms with E-state index in [0.717, 1.165) is 17.5 Å². The van der Waals surface area contributed by atoms with Crippen LogP contribution in [-0.4, -0.2) is 67.9 Å². The zero-order chi connectivity index (χ0) is 24.6. The highest BCUT2D eigenvalue weighted by Crippen LogP contribution is 2.37. The van der Waals surface area contributed by atoms with E-state index in [-0.39, 0.29) is 17.5 Å². The number of ether oxygens (including phenoxy) is 2. The summed E-state index contributed by atoms with van der Waals surface area (Å²) in [4.78, 5) is 12.3. The van der Waals surface area contributed by atoms with E-state index in [4.69, 9.17) is 15.2 Å². The van der Waals surface area contributed by atoms with Gasteiger partial charge in [-0.2, -0.15) is 9.40 Å². The van der Waals surface area contributed by atoms with Crippen LogP contribution in [0, 0.1) is 5.92 Å². The summed E-state index contributed by atoms with van der Waals surface area (Å²) >= 11 is 0. The van der Waals surface area contributed by atoms with Gasteiger partial charge in [0.15, 0.2) is 0 Å². The minimum atomic E-state index is -3.33. The molecule has 0 saturated carbocycles. The number of nitrogens with two attached hydrogens (primary N) is 1. The summed E-state index contributed by atoms with van der Waals surface area (Å²) in [5.41, 5.74) is 8.75. The number of hydrogen-bond acceptors (Lipinski definition) is 7. The maximum Gasteiger partial charge on any atom is 0.252 e. The van der Waals surface area contributed by atoms with Crippen molar-refractivity contribution in [1.82, 2.24) is 13.9 Å². The van der Waals surface area contributed by atoms with Crippen molar-refractivity contribution in [3.8, 4) is 22.6 Å². The Labute approximate surface area is 198 Å². The van der Waals surface area contributed by atoms with E-state index in [2.05, 4.69) is 10.4 Å². The van der Waals surface area contributed by atoms with Crippen LogP contribution in [0.3, 0.4) is 0 Å². The van der Waals surface area contributed by atoms with Crippen LogP contribution >= 0.6 is 0 Å². The number of nitrogens with one attached hydrogen (secondary N) is 1. The first-order valence-electron chi connectivity index (χ1n) is 10.9. The first-order valence-corrected chi connectivity index (χ1v) is 12.8. The Hall–Kier alpha value is -3.31. The Balaban J connectivity index is 1.80. The van der Waals surface area contributed by atoms with E-state index in [1.54, 1.807) is 24.8 Å². The fourth-order valence-corrected chi connectivity index (χ4v) is 5.34. The molecule has 1 fully saturated rings. The van der Waals surface area contributed by atoms with Crippen LogP contribution in [0.15, 0.2) is 36.7 Å². The van der Waals surface area contributed by atoms with Gasteiger partial charge in [0, 0.05) is 42.5 Å². The van der Waals surface area contributed by atoms with Crippen LogP contribution < -0.4 is 20.5 Å². The zero-order valence-electron chi connectivity index (χ0n) is 19.6. The molecule has 2 atom stereocenters. The van der Waals surface area contributed by atoms with Crippen LogP contribution in [0.5, 0.6) is 11.5 Å². The van der Waals surface area contributed by atoms with Gasteiger partial charge in [-0.3, -0.25) is 4.79 Å². The molecule has 11 heteroatoms. The monoisotopic (exact) mass is 487 g/mol. The summed E-state index contributed by atoms with van der Waals surface area (Å²) in [5, 5.41) is 7.80. The average molecular weight is 488 g/mol. The lowest BCUT2D eigenvalue weighted by Gasteiger charge is -2.21. The first kappa shape index (κ1) is 23.8. The van der Waals surface area contributed by atoms with Crippen molar-refractivity contribution in [2.45, 2.75) is 19.4 Å². The standard InChI is InChI=1S/C23H29N5O5S/c1-5-14-11-27(34(4,30)31)13-19(14)26-22-18(23(24)29)10-25-28-12-15(8-20(22)28)17-7-6-16(32-2)9-21(17)33-3/h6-10,12,14,19,26H,5,11,13H2,1-4H3,(H2,24,29)/t14-,19+/m0/s1. The number of benzene rings is 1. The van der Waals surface area contributed by atoms with E-state index in [0.29, 0.717) is 35.8 Å². The molecule has 4 rings (SSSR count). The molecule has 0 spiro atoms. The number of methoxy groups -OCH3 is 2. The minimum absolute atomic E-state index is 0.0831. The predicted octanol–water partition coefficient (Wildman–Crippen LogP) is 2.20. The van der Waals surface area contributed by atoms with Crippen LogP contribution in [0.1, 0.15) is 23.7 Å². The number of aromatic nitrogens is 2. The van der Waals surface area contributed by atoms with Crippen molar-refractivity contribution in [2.75, 3.05) is 38.9 Å². The second-order valence-corrected chi connectivity index (χ2v) is 10.4. The van der Waals surface area contributed by atoms with Crippen molar-refractivity contribution >= 4 is 27.1 Å². The third kappa shape index (κ3) is 4.40. The topological polar surface area (TPSA) is 128 Å². The summed E-state index contributed by atoms with van der Waals surface area (Å²) in [7, 11) is -0.150. The maximum absolute atomic E-state index is 12.3. The van der Waals surface area contributed by atoms with E-state index in [1.165, 1.54) is 16.8 Å². The lowest BCUT2D eigenvalue weighted by Crippen LogP contribution is -2.32. The normalized spacial score (nSPS) is 18.8. The molecular weight excluding hydrogens is 458 g/mol. The molecule has 0 unspecified atom stereocenters. The van der Waals surface area contributed by atoms with Crippen molar-refractivity contribution < 1.29 is 22.7 Å². The number of sulfonamides is 1. The molecule has 1 aliphatic rings. The number of nitrogens with zero attached hydrogens (tertiary/aromatic N) is 3. The molecule has 3 N–H and O–H groups in total. The molecule has 3 aromatic rings. The second kappa shape index (κ2) is 9.15.